The van der Waals surface area contributed by atoms with Gasteiger partial charge in [0.1, 0.15) is 17.7 Å². The summed E-state index contributed by atoms with van der Waals surface area (Å²) in [6, 6.07) is 13.1. The molecule has 4 N–H and O–H groups in total. The summed E-state index contributed by atoms with van der Waals surface area (Å²) in [5, 5.41) is 6.58. The number of alkyl halides is 1. The lowest BCUT2D eigenvalue weighted by Gasteiger charge is -2.14. The Hall–Kier alpha value is -4.44. The Morgan fingerprint density at radius 2 is 1.89 bits per heavy atom. The molecule has 1 fully saturated rings. The summed E-state index contributed by atoms with van der Waals surface area (Å²) in [5.74, 6) is -0.778. The molecule has 1 amide bonds. The van der Waals surface area contributed by atoms with Crippen molar-refractivity contribution in [3.63, 3.8) is 0 Å². The predicted octanol–water partition coefficient (Wildman–Crippen LogP) is 3.68. The highest BCUT2D eigenvalue weighted by Gasteiger charge is 2.29. The molecule has 3 aromatic heterocycles. The minimum absolute atomic E-state index is 0.0868. The number of benzene rings is 2. The average Bonchev–Trinajstić information content (AvgIpc) is 3.52. The molecule has 5 aromatic rings. The number of halogens is 2. The molecule has 2 atom stereocenters. The SMILES string of the molecule is Cc1ccnc2ccc(-c3c(-c4ccc(F)cc4)nc(N)c4nc(C(=O)NC5CNCC5F)cn34)cc12. The third-order valence-electron chi connectivity index (χ3n) is 6.67. The molecule has 0 bridgehead atoms. The van der Waals surface area contributed by atoms with Crippen LogP contribution in [0.15, 0.2) is 60.9 Å². The van der Waals surface area contributed by atoms with Crippen LogP contribution >= 0.6 is 0 Å². The topological polar surface area (TPSA) is 110 Å². The molecule has 8 nitrogen and oxygen atoms in total. The second-order valence-electron chi connectivity index (χ2n) is 9.13. The van der Waals surface area contributed by atoms with Crippen molar-refractivity contribution in [1.29, 1.82) is 0 Å². The zero-order valence-electron chi connectivity index (χ0n) is 19.9. The van der Waals surface area contributed by atoms with Gasteiger partial charge in [0.25, 0.3) is 5.91 Å². The number of carbonyl (C=O) groups excluding carboxylic acids is 1. The molecule has 4 heterocycles. The number of aromatic nitrogens is 4. The average molecular weight is 500 g/mol. The van der Waals surface area contributed by atoms with E-state index in [1.807, 2.05) is 31.2 Å². The van der Waals surface area contributed by atoms with E-state index in [2.05, 4.69) is 25.6 Å². The Morgan fingerprint density at radius 3 is 2.65 bits per heavy atom. The molecule has 0 radical (unpaired) electrons. The van der Waals surface area contributed by atoms with E-state index in [1.165, 1.54) is 12.1 Å². The van der Waals surface area contributed by atoms with Crippen molar-refractivity contribution < 1.29 is 13.6 Å². The molecule has 6 rings (SSSR count). The summed E-state index contributed by atoms with van der Waals surface area (Å²) >= 11 is 0. The highest BCUT2D eigenvalue weighted by atomic mass is 19.1. The predicted molar refractivity (Wildman–Crippen MR) is 137 cm³/mol. The van der Waals surface area contributed by atoms with E-state index in [-0.39, 0.29) is 29.5 Å². The summed E-state index contributed by atoms with van der Waals surface area (Å²) < 4.78 is 29.5. The van der Waals surface area contributed by atoms with E-state index >= 15 is 0 Å². The molecule has 1 aliphatic rings. The minimum atomic E-state index is -1.18. The van der Waals surface area contributed by atoms with Gasteiger partial charge in [0.15, 0.2) is 11.5 Å². The lowest BCUT2D eigenvalue weighted by atomic mass is 10.0. The van der Waals surface area contributed by atoms with Crippen molar-refractivity contribution in [3.8, 4) is 22.5 Å². The Bertz CT molecular complexity index is 1670. The van der Waals surface area contributed by atoms with Crippen LogP contribution in [0.2, 0.25) is 0 Å². The number of hydrogen-bond acceptors (Lipinski definition) is 6. The van der Waals surface area contributed by atoms with Gasteiger partial charge in [-0.3, -0.25) is 14.2 Å². The quantitative estimate of drug-likeness (QED) is 0.348. The zero-order valence-corrected chi connectivity index (χ0v) is 19.9. The normalized spacial score (nSPS) is 17.5. The van der Waals surface area contributed by atoms with Crippen molar-refractivity contribution in [2.24, 2.45) is 0 Å². The van der Waals surface area contributed by atoms with E-state index in [1.54, 1.807) is 28.9 Å². The van der Waals surface area contributed by atoms with E-state index in [9.17, 15) is 13.6 Å². The number of imidazole rings is 1. The summed E-state index contributed by atoms with van der Waals surface area (Å²) in [6.07, 6.45) is 2.15. The maximum absolute atomic E-state index is 14.1. The molecule has 37 heavy (non-hydrogen) atoms. The number of carbonyl (C=O) groups is 1. The Kier molecular flexibility index (Phi) is 5.53. The highest BCUT2D eigenvalue weighted by molar-refractivity contribution is 5.95. The van der Waals surface area contributed by atoms with Gasteiger partial charge >= 0.3 is 0 Å². The molecule has 1 saturated heterocycles. The molecule has 186 valence electrons. The van der Waals surface area contributed by atoms with Gasteiger partial charge in [-0.25, -0.2) is 18.7 Å². The van der Waals surface area contributed by atoms with Crippen molar-refractivity contribution in [2.45, 2.75) is 19.1 Å². The molecule has 2 unspecified atom stereocenters. The zero-order chi connectivity index (χ0) is 25.7. The van der Waals surface area contributed by atoms with Crippen LogP contribution in [0.1, 0.15) is 16.1 Å². The summed E-state index contributed by atoms with van der Waals surface area (Å²) in [7, 11) is 0. The van der Waals surface area contributed by atoms with Gasteiger partial charge in [0, 0.05) is 42.0 Å². The molecular weight excluding hydrogens is 476 g/mol. The van der Waals surface area contributed by atoms with E-state index in [4.69, 9.17) is 5.73 Å². The standard InChI is InChI=1S/C27H23F2N7O/c1-14-8-9-32-20-7-4-16(10-18(14)20)24-23(15-2-5-17(28)6-3-15)35-25(30)26-33-22(13-36(24)26)27(37)34-21-12-31-11-19(21)29/h2-10,13,19,21,31H,11-12H2,1H3,(H2,30,35)(H,34,37). The van der Waals surface area contributed by atoms with Crippen molar-refractivity contribution in [2.75, 3.05) is 18.8 Å². The fourth-order valence-electron chi connectivity index (χ4n) is 4.72. The molecule has 1 aliphatic heterocycles. The van der Waals surface area contributed by atoms with Gasteiger partial charge in [-0.15, -0.1) is 0 Å². The smallest absolute Gasteiger partial charge is 0.271 e. The third kappa shape index (κ3) is 4.05. The summed E-state index contributed by atoms with van der Waals surface area (Å²) in [5.41, 5.74) is 11.1. The van der Waals surface area contributed by atoms with Crippen LogP contribution in [0.5, 0.6) is 0 Å². The van der Waals surface area contributed by atoms with Crippen LogP contribution in [0.3, 0.4) is 0 Å². The van der Waals surface area contributed by atoms with Gasteiger partial charge in [-0.2, -0.15) is 0 Å². The van der Waals surface area contributed by atoms with E-state index < -0.39 is 18.1 Å². The van der Waals surface area contributed by atoms with Crippen LogP contribution in [-0.4, -0.2) is 50.6 Å². The summed E-state index contributed by atoms with van der Waals surface area (Å²) in [6.45, 7) is 2.53. The fraction of sp³-hybridized carbons (Fsp3) is 0.185. The van der Waals surface area contributed by atoms with Gasteiger partial charge in [0.05, 0.1) is 22.9 Å². The second-order valence-corrected chi connectivity index (χ2v) is 9.13. The number of nitrogen functional groups attached to an aromatic ring is 1. The number of nitrogens with two attached hydrogens (primary N) is 1. The first-order valence-corrected chi connectivity index (χ1v) is 11.8. The van der Waals surface area contributed by atoms with Crippen molar-refractivity contribution in [3.05, 3.63) is 78.0 Å². The number of aryl methyl sites for hydroxylation is 1. The Labute approximate surface area is 210 Å². The number of nitrogens with zero attached hydrogens (tertiary/aromatic N) is 4. The number of hydrogen-bond donors (Lipinski definition) is 3. The first-order valence-electron chi connectivity index (χ1n) is 11.8. The number of pyridine rings is 1. The third-order valence-corrected chi connectivity index (χ3v) is 6.67. The second kappa shape index (κ2) is 8.90. The van der Waals surface area contributed by atoms with E-state index in [0.29, 0.717) is 23.5 Å². The molecule has 10 heteroatoms. The van der Waals surface area contributed by atoms with E-state index in [0.717, 1.165) is 22.0 Å². The largest absolute Gasteiger partial charge is 0.381 e. The highest BCUT2D eigenvalue weighted by Crippen LogP contribution is 2.35. The van der Waals surface area contributed by atoms with Crippen LogP contribution in [0, 0.1) is 12.7 Å². The summed E-state index contributed by atoms with van der Waals surface area (Å²) in [4.78, 5) is 26.5. The molecule has 0 saturated carbocycles. The van der Waals surface area contributed by atoms with Crippen LogP contribution in [0.4, 0.5) is 14.6 Å². The fourth-order valence-corrected chi connectivity index (χ4v) is 4.72. The molecule has 0 aliphatic carbocycles. The van der Waals surface area contributed by atoms with Crippen LogP contribution in [0.25, 0.3) is 39.1 Å². The van der Waals surface area contributed by atoms with Gasteiger partial charge in [-0.05, 0) is 55.0 Å². The lowest BCUT2D eigenvalue weighted by molar-refractivity contribution is 0.0919. The first-order chi connectivity index (χ1) is 17.9. The Balaban J connectivity index is 1.56. The van der Waals surface area contributed by atoms with Crippen molar-refractivity contribution >= 4 is 28.3 Å². The number of fused-ring (bicyclic) bond motifs is 2. The maximum Gasteiger partial charge on any atom is 0.271 e. The lowest BCUT2D eigenvalue weighted by Crippen LogP contribution is -2.41. The number of nitrogens with one attached hydrogen (secondary N) is 2. The maximum atomic E-state index is 14.1. The number of amides is 1. The van der Waals surface area contributed by atoms with Crippen LogP contribution in [-0.2, 0) is 0 Å². The molecule has 2 aromatic carbocycles. The van der Waals surface area contributed by atoms with Gasteiger partial charge in [0.2, 0.25) is 0 Å². The Morgan fingerprint density at radius 1 is 1.11 bits per heavy atom. The monoisotopic (exact) mass is 499 g/mol. The minimum Gasteiger partial charge on any atom is -0.381 e. The van der Waals surface area contributed by atoms with Crippen LogP contribution < -0.4 is 16.4 Å². The van der Waals surface area contributed by atoms with Gasteiger partial charge in [-0.1, -0.05) is 6.07 Å². The number of anilines is 1. The molecule has 0 spiro atoms. The first kappa shape index (κ1) is 23.0. The molecular formula is C27H23F2N7O. The van der Waals surface area contributed by atoms with Crippen molar-refractivity contribution in [1.82, 2.24) is 30.0 Å². The van der Waals surface area contributed by atoms with Gasteiger partial charge < -0.3 is 16.4 Å². The number of rotatable bonds is 4.